The van der Waals surface area contributed by atoms with Gasteiger partial charge in [0.15, 0.2) is 0 Å². The number of nitrogens with one attached hydrogen (secondary N) is 1. The number of nitrogens with zero attached hydrogens (tertiary/aromatic N) is 5. The molecule has 1 saturated heterocycles. The standard InChI is InChI=1S/C19H26N6O/c1-14-6-5-7-16(12-14)21-19(26)25-10-8-24(9-11-25)18-20-15(2)13-17(22-18)23(3)4/h5-7,12-13H,8-11H2,1-4H3,(H,21,26). The zero-order chi connectivity index (χ0) is 18.7. The number of carbonyl (C=O) groups excluding carboxylic acids is 1. The van der Waals surface area contributed by atoms with Gasteiger partial charge in [-0.2, -0.15) is 4.98 Å². The first-order valence-electron chi connectivity index (χ1n) is 8.83. The van der Waals surface area contributed by atoms with Gasteiger partial charge in [0.2, 0.25) is 5.95 Å². The first-order chi connectivity index (χ1) is 12.4. The van der Waals surface area contributed by atoms with Crippen LogP contribution in [0.5, 0.6) is 0 Å². The Hall–Kier alpha value is -2.83. The van der Waals surface area contributed by atoms with E-state index in [4.69, 9.17) is 0 Å². The Labute approximate surface area is 154 Å². The molecule has 1 N–H and O–H groups in total. The molecule has 26 heavy (non-hydrogen) atoms. The van der Waals surface area contributed by atoms with Gasteiger partial charge >= 0.3 is 6.03 Å². The maximum absolute atomic E-state index is 12.5. The molecule has 138 valence electrons. The second-order valence-electron chi connectivity index (χ2n) is 6.84. The quantitative estimate of drug-likeness (QED) is 0.917. The summed E-state index contributed by atoms with van der Waals surface area (Å²) in [6, 6.07) is 9.74. The van der Waals surface area contributed by atoms with Crippen LogP contribution < -0.4 is 15.1 Å². The molecule has 0 radical (unpaired) electrons. The second-order valence-corrected chi connectivity index (χ2v) is 6.84. The smallest absolute Gasteiger partial charge is 0.321 e. The molecule has 7 heteroatoms. The Kier molecular flexibility index (Phi) is 5.25. The van der Waals surface area contributed by atoms with Crippen molar-refractivity contribution < 1.29 is 4.79 Å². The van der Waals surface area contributed by atoms with Crippen LogP contribution in [0.3, 0.4) is 0 Å². The summed E-state index contributed by atoms with van der Waals surface area (Å²) >= 11 is 0. The minimum absolute atomic E-state index is 0.0607. The van der Waals surface area contributed by atoms with Gasteiger partial charge in [-0.3, -0.25) is 0 Å². The van der Waals surface area contributed by atoms with E-state index >= 15 is 0 Å². The fraction of sp³-hybridized carbons (Fsp3) is 0.421. The summed E-state index contributed by atoms with van der Waals surface area (Å²) in [5.74, 6) is 1.62. The zero-order valence-electron chi connectivity index (χ0n) is 15.9. The van der Waals surface area contributed by atoms with Crippen molar-refractivity contribution in [1.82, 2.24) is 14.9 Å². The van der Waals surface area contributed by atoms with E-state index in [0.29, 0.717) is 13.1 Å². The number of carbonyl (C=O) groups is 1. The summed E-state index contributed by atoms with van der Waals surface area (Å²) in [4.78, 5) is 27.6. The molecule has 1 aliphatic heterocycles. The predicted octanol–water partition coefficient (Wildman–Crippen LogP) is 2.51. The normalized spacial score (nSPS) is 14.3. The average molecular weight is 354 g/mol. The number of amides is 2. The fourth-order valence-electron chi connectivity index (χ4n) is 2.94. The lowest BCUT2D eigenvalue weighted by atomic mass is 10.2. The molecule has 0 saturated carbocycles. The number of rotatable bonds is 3. The van der Waals surface area contributed by atoms with Crippen molar-refractivity contribution in [3.05, 3.63) is 41.6 Å². The molecule has 0 atom stereocenters. The van der Waals surface area contributed by atoms with Gasteiger partial charge in [-0.25, -0.2) is 9.78 Å². The molecule has 2 heterocycles. The summed E-state index contributed by atoms with van der Waals surface area (Å²) in [6.07, 6.45) is 0. The molecule has 0 aliphatic carbocycles. The van der Waals surface area contributed by atoms with Crippen LogP contribution >= 0.6 is 0 Å². The Balaban J connectivity index is 1.61. The molecule has 0 bridgehead atoms. The molecule has 1 fully saturated rings. The summed E-state index contributed by atoms with van der Waals surface area (Å²) < 4.78 is 0. The minimum Gasteiger partial charge on any atom is -0.363 e. The monoisotopic (exact) mass is 354 g/mol. The van der Waals surface area contributed by atoms with Crippen molar-refractivity contribution in [3.63, 3.8) is 0 Å². The Morgan fingerprint density at radius 1 is 1.08 bits per heavy atom. The number of hydrogen-bond acceptors (Lipinski definition) is 5. The van der Waals surface area contributed by atoms with Gasteiger partial charge in [0.1, 0.15) is 5.82 Å². The summed E-state index contributed by atoms with van der Waals surface area (Å²) in [7, 11) is 3.94. The third-order valence-electron chi connectivity index (χ3n) is 4.41. The van der Waals surface area contributed by atoms with E-state index < -0.39 is 0 Å². The molecule has 1 aromatic heterocycles. The number of piperazine rings is 1. The minimum atomic E-state index is -0.0607. The topological polar surface area (TPSA) is 64.6 Å². The lowest BCUT2D eigenvalue weighted by molar-refractivity contribution is 0.208. The molecular formula is C19H26N6O. The largest absolute Gasteiger partial charge is 0.363 e. The molecule has 3 rings (SSSR count). The second kappa shape index (κ2) is 7.59. The molecule has 1 aromatic carbocycles. The highest BCUT2D eigenvalue weighted by Gasteiger charge is 2.23. The highest BCUT2D eigenvalue weighted by molar-refractivity contribution is 5.89. The van der Waals surface area contributed by atoms with Crippen LogP contribution in [-0.2, 0) is 0 Å². The van der Waals surface area contributed by atoms with Crippen LogP contribution in [0.1, 0.15) is 11.3 Å². The average Bonchev–Trinajstić information content (AvgIpc) is 2.61. The van der Waals surface area contributed by atoms with Crippen molar-refractivity contribution in [2.75, 3.05) is 55.4 Å². The molecule has 7 nitrogen and oxygen atoms in total. The first kappa shape index (κ1) is 18.0. The van der Waals surface area contributed by atoms with Crippen molar-refractivity contribution in [3.8, 4) is 0 Å². The lowest BCUT2D eigenvalue weighted by Crippen LogP contribution is -2.50. The Morgan fingerprint density at radius 2 is 1.81 bits per heavy atom. The Bertz CT molecular complexity index is 783. The van der Waals surface area contributed by atoms with E-state index in [1.807, 2.05) is 68.1 Å². The number of aromatic nitrogens is 2. The SMILES string of the molecule is Cc1cccc(NC(=O)N2CCN(c3nc(C)cc(N(C)C)n3)CC2)c1. The highest BCUT2D eigenvalue weighted by atomic mass is 16.2. The lowest BCUT2D eigenvalue weighted by Gasteiger charge is -2.35. The molecular weight excluding hydrogens is 328 g/mol. The number of anilines is 3. The molecule has 2 amide bonds. The van der Waals surface area contributed by atoms with Gasteiger partial charge in [0.05, 0.1) is 0 Å². The van der Waals surface area contributed by atoms with E-state index in [9.17, 15) is 4.79 Å². The van der Waals surface area contributed by atoms with Crippen LogP contribution in [0.15, 0.2) is 30.3 Å². The molecule has 1 aliphatic rings. The third kappa shape index (κ3) is 4.22. The third-order valence-corrected chi connectivity index (χ3v) is 4.41. The van der Waals surface area contributed by atoms with Crippen LogP contribution in [0.4, 0.5) is 22.2 Å². The highest BCUT2D eigenvalue weighted by Crippen LogP contribution is 2.18. The van der Waals surface area contributed by atoms with E-state index in [0.717, 1.165) is 41.8 Å². The van der Waals surface area contributed by atoms with Gasteiger partial charge in [0, 0.05) is 57.7 Å². The van der Waals surface area contributed by atoms with Crippen molar-refractivity contribution >= 4 is 23.5 Å². The molecule has 0 unspecified atom stereocenters. The zero-order valence-corrected chi connectivity index (χ0v) is 15.9. The molecule has 2 aromatic rings. The number of urea groups is 1. The summed E-state index contributed by atoms with van der Waals surface area (Å²) in [6.45, 7) is 6.72. The van der Waals surface area contributed by atoms with E-state index in [-0.39, 0.29) is 6.03 Å². The van der Waals surface area contributed by atoms with Crippen LogP contribution in [0, 0.1) is 13.8 Å². The van der Waals surface area contributed by atoms with Crippen molar-refractivity contribution in [2.45, 2.75) is 13.8 Å². The van der Waals surface area contributed by atoms with E-state index in [1.165, 1.54) is 0 Å². The van der Waals surface area contributed by atoms with Gasteiger partial charge < -0.3 is 20.0 Å². The predicted molar refractivity (Wildman–Crippen MR) is 105 cm³/mol. The van der Waals surface area contributed by atoms with Crippen molar-refractivity contribution in [1.29, 1.82) is 0 Å². The van der Waals surface area contributed by atoms with Crippen molar-refractivity contribution in [2.24, 2.45) is 0 Å². The Morgan fingerprint density at radius 3 is 2.46 bits per heavy atom. The fourth-order valence-corrected chi connectivity index (χ4v) is 2.94. The van der Waals surface area contributed by atoms with E-state index in [1.54, 1.807) is 0 Å². The van der Waals surface area contributed by atoms with Gasteiger partial charge in [-0.15, -0.1) is 0 Å². The van der Waals surface area contributed by atoms with Gasteiger partial charge in [-0.05, 0) is 31.5 Å². The summed E-state index contributed by atoms with van der Waals surface area (Å²) in [5, 5.41) is 2.97. The first-order valence-corrected chi connectivity index (χ1v) is 8.83. The maximum atomic E-state index is 12.5. The number of benzene rings is 1. The van der Waals surface area contributed by atoms with Gasteiger partial charge in [-0.1, -0.05) is 12.1 Å². The van der Waals surface area contributed by atoms with Gasteiger partial charge in [0.25, 0.3) is 0 Å². The van der Waals surface area contributed by atoms with Crippen LogP contribution in [0.2, 0.25) is 0 Å². The van der Waals surface area contributed by atoms with Crippen LogP contribution in [0.25, 0.3) is 0 Å². The van der Waals surface area contributed by atoms with E-state index in [2.05, 4.69) is 20.2 Å². The number of hydrogen-bond donors (Lipinski definition) is 1. The summed E-state index contributed by atoms with van der Waals surface area (Å²) in [5.41, 5.74) is 2.90. The molecule has 0 spiro atoms. The number of aryl methyl sites for hydroxylation is 2. The van der Waals surface area contributed by atoms with Crippen LogP contribution in [-0.4, -0.2) is 61.2 Å². The maximum Gasteiger partial charge on any atom is 0.321 e.